The maximum absolute atomic E-state index is 12.9. The summed E-state index contributed by atoms with van der Waals surface area (Å²) in [4.78, 5) is 0. The number of benzene rings is 1. The molecule has 0 aliphatic carbocycles. The maximum atomic E-state index is 12.9. The van der Waals surface area contributed by atoms with E-state index in [0.717, 1.165) is 19.3 Å². The van der Waals surface area contributed by atoms with Crippen molar-refractivity contribution in [1.29, 1.82) is 0 Å². The number of unbranched alkanes of at least 4 members (excludes halogenated alkanes) is 2. The molecule has 5 heteroatoms. The third-order valence-electron chi connectivity index (χ3n) is 2.73. The third-order valence-corrected chi connectivity index (χ3v) is 5.12. The predicted molar refractivity (Wildman–Crippen MR) is 88.3 cm³/mol. The third kappa shape index (κ3) is 5.49. The van der Waals surface area contributed by atoms with Crippen molar-refractivity contribution in [3.8, 4) is 11.8 Å². The summed E-state index contributed by atoms with van der Waals surface area (Å²) in [5.74, 6) is 6.15. The molecule has 1 aromatic rings. The van der Waals surface area contributed by atoms with Gasteiger partial charge in [0, 0.05) is 17.0 Å². The average Bonchev–Trinajstić information content (AvgIpc) is 2.45. The molecule has 0 heterocycles. The number of halogens is 1. The van der Waals surface area contributed by atoms with Crippen molar-refractivity contribution in [2.45, 2.75) is 40.0 Å². The van der Waals surface area contributed by atoms with Crippen LogP contribution in [0.25, 0.3) is 0 Å². The molecule has 0 atom stereocenters. The minimum Gasteiger partial charge on any atom is -0.305 e. The highest BCUT2D eigenvalue weighted by molar-refractivity contribution is 7.62. The van der Waals surface area contributed by atoms with Crippen molar-refractivity contribution in [2.75, 3.05) is 13.2 Å². The van der Waals surface area contributed by atoms with E-state index in [4.69, 9.17) is 20.6 Å². The van der Waals surface area contributed by atoms with Gasteiger partial charge < -0.3 is 9.05 Å². The van der Waals surface area contributed by atoms with E-state index in [1.165, 1.54) is 0 Å². The summed E-state index contributed by atoms with van der Waals surface area (Å²) in [7, 11) is -3.38. The molecule has 0 saturated heterocycles. The molecule has 0 aliphatic heterocycles. The van der Waals surface area contributed by atoms with Gasteiger partial charge in [-0.1, -0.05) is 36.8 Å². The van der Waals surface area contributed by atoms with Gasteiger partial charge in [0.1, 0.15) is 0 Å². The fourth-order valence-corrected chi connectivity index (χ4v) is 3.78. The lowest BCUT2D eigenvalue weighted by Gasteiger charge is -2.18. The van der Waals surface area contributed by atoms with Gasteiger partial charge in [0.2, 0.25) is 0 Å². The van der Waals surface area contributed by atoms with Crippen molar-refractivity contribution >= 4 is 24.5 Å². The van der Waals surface area contributed by atoms with Crippen LogP contribution in [0.2, 0.25) is 5.02 Å². The molecule has 0 amide bonds. The Bertz CT molecular complexity index is 550. The minimum atomic E-state index is -3.38. The Morgan fingerprint density at radius 2 is 1.86 bits per heavy atom. The lowest BCUT2D eigenvalue weighted by Crippen LogP contribution is -2.14. The van der Waals surface area contributed by atoms with Crippen LogP contribution in [0, 0.1) is 11.8 Å². The van der Waals surface area contributed by atoms with Gasteiger partial charge in [-0.3, -0.25) is 4.57 Å². The summed E-state index contributed by atoms with van der Waals surface area (Å²) in [6.45, 7) is 6.28. The molecule has 1 rings (SSSR count). The summed E-state index contributed by atoms with van der Waals surface area (Å²) in [6.07, 6.45) is 2.95. The largest absolute Gasteiger partial charge is 0.362 e. The number of rotatable bonds is 7. The Morgan fingerprint density at radius 3 is 2.43 bits per heavy atom. The van der Waals surface area contributed by atoms with Crippen molar-refractivity contribution in [1.82, 2.24) is 0 Å². The zero-order chi connectivity index (χ0) is 15.7. The van der Waals surface area contributed by atoms with Crippen molar-refractivity contribution < 1.29 is 13.6 Å². The highest BCUT2D eigenvalue weighted by Crippen LogP contribution is 2.48. The van der Waals surface area contributed by atoms with Crippen molar-refractivity contribution in [2.24, 2.45) is 0 Å². The molecule has 0 saturated carbocycles. The van der Waals surface area contributed by atoms with Gasteiger partial charge in [-0.2, -0.15) is 0 Å². The van der Waals surface area contributed by atoms with E-state index in [0.29, 0.717) is 29.1 Å². The van der Waals surface area contributed by atoms with Crippen molar-refractivity contribution in [3.05, 3.63) is 28.8 Å². The molecule has 21 heavy (non-hydrogen) atoms. The summed E-state index contributed by atoms with van der Waals surface area (Å²) in [5, 5.41) is 0.937. The molecule has 0 bridgehead atoms. The van der Waals surface area contributed by atoms with E-state index >= 15 is 0 Å². The summed E-state index contributed by atoms with van der Waals surface area (Å²) >= 11 is 6.03. The molecule has 0 spiro atoms. The van der Waals surface area contributed by atoms with Crippen LogP contribution in [0.4, 0.5) is 0 Å². The molecule has 116 valence electrons. The highest BCUT2D eigenvalue weighted by Gasteiger charge is 2.29. The summed E-state index contributed by atoms with van der Waals surface area (Å²) in [5.41, 5.74) is 0.653. The fourth-order valence-electron chi connectivity index (χ4n) is 1.78. The minimum absolute atomic E-state index is 0.298. The summed E-state index contributed by atoms with van der Waals surface area (Å²) < 4.78 is 23.7. The monoisotopic (exact) mass is 328 g/mol. The van der Waals surface area contributed by atoms with Crippen LogP contribution in [0.5, 0.6) is 0 Å². The van der Waals surface area contributed by atoms with Gasteiger partial charge in [0.25, 0.3) is 0 Å². The number of hydrogen-bond donors (Lipinski definition) is 0. The average molecular weight is 329 g/mol. The van der Waals surface area contributed by atoms with Crippen LogP contribution < -0.4 is 5.30 Å². The van der Waals surface area contributed by atoms with E-state index in [9.17, 15) is 4.57 Å². The zero-order valence-corrected chi connectivity index (χ0v) is 14.5. The SMILES string of the molecule is CCCCC#Cc1ccc(Cl)cc1P(=O)(OCC)OCC. The Balaban J connectivity index is 3.20. The maximum Gasteiger partial charge on any atom is 0.362 e. The van der Waals surface area contributed by atoms with E-state index in [1.807, 2.05) is 0 Å². The van der Waals surface area contributed by atoms with Crippen LogP contribution in [-0.4, -0.2) is 13.2 Å². The van der Waals surface area contributed by atoms with E-state index in [2.05, 4.69) is 18.8 Å². The predicted octanol–water partition coefficient (Wildman–Crippen LogP) is 4.77. The molecular weight excluding hydrogens is 307 g/mol. The van der Waals surface area contributed by atoms with Gasteiger partial charge in [-0.05, 0) is 38.5 Å². The van der Waals surface area contributed by atoms with Crippen LogP contribution >= 0.6 is 19.2 Å². The lowest BCUT2D eigenvalue weighted by atomic mass is 10.2. The standard InChI is InChI=1S/C16H22ClO3P/c1-4-7-8-9-10-14-11-12-15(17)13-16(14)21(18,19-5-2)20-6-3/h11-13H,4-8H2,1-3H3. The quantitative estimate of drug-likeness (QED) is 0.411. The van der Waals surface area contributed by atoms with Gasteiger partial charge in [-0.15, -0.1) is 0 Å². The second-order valence-electron chi connectivity index (χ2n) is 4.40. The molecule has 0 fully saturated rings. The first kappa shape index (κ1) is 18.3. The first-order valence-electron chi connectivity index (χ1n) is 7.25. The van der Waals surface area contributed by atoms with E-state index in [1.54, 1.807) is 32.0 Å². The van der Waals surface area contributed by atoms with E-state index in [-0.39, 0.29) is 0 Å². The normalized spacial score (nSPS) is 11.0. The van der Waals surface area contributed by atoms with Crippen LogP contribution in [0.3, 0.4) is 0 Å². The van der Waals surface area contributed by atoms with Gasteiger partial charge >= 0.3 is 7.60 Å². The van der Waals surface area contributed by atoms with Gasteiger partial charge in [0.15, 0.2) is 0 Å². The fraction of sp³-hybridized carbons (Fsp3) is 0.500. The second-order valence-corrected chi connectivity index (χ2v) is 6.83. The second kappa shape index (κ2) is 9.28. The highest BCUT2D eigenvalue weighted by atomic mass is 35.5. The van der Waals surface area contributed by atoms with Crippen LogP contribution in [-0.2, 0) is 13.6 Å². The number of hydrogen-bond acceptors (Lipinski definition) is 3. The Hall–Kier alpha value is -0.780. The molecule has 0 aromatic heterocycles. The van der Waals surface area contributed by atoms with Gasteiger partial charge in [0.05, 0.1) is 18.5 Å². The first-order valence-corrected chi connectivity index (χ1v) is 9.17. The van der Waals surface area contributed by atoms with Crippen molar-refractivity contribution in [3.63, 3.8) is 0 Å². The summed E-state index contributed by atoms with van der Waals surface area (Å²) in [6, 6.07) is 5.12. The topological polar surface area (TPSA) is 35.5 Å². The molecule has 0 aliphatic rings. The van der Waals surface area contributed by atoms with Crippen LogP contribution in [0.15, 0.2) is 18.2 Å². The molecule has 1 aromatic carbocycles. The molecule has 0 radical (unpaired) electrons. The van der Waals surface area contributed by atoms with Gasteiger partial charge in [-0.25, -0.2) is 0 Å². The Morgan fingerprint density at radius 1 is 1.19 bits per heavy atom. The molecular formula is C16H22ClO3P. The Kier molecular flexibility index (Phi) is 8.07. The first-order chi connectivity index (χ1) is 10.1. The molecule has 0 N–H and O–H groups in total. The zero-order valence-electron chi connectivity index (χ0n) is 12.8. The smallest absolute Gasteiger partial charge is 0.305 e. The lowest BCUT2D eigenvalue weighted by molar-refractivity contribution is 0.230. The van der Waals surface area contributed by atoms with E-state index < -0.39 is 7.60 Å². The molecule has 3 nitrogen and oxygen atoms in total. The Labute approximate surface area is 132 Å². The molecule has 0 unspecified atom stereocenters. The van der Waals surface area contributed by atoms with Crippen LogP contribution in [0.1, 0.15) is 45.6 Å².